The minimum Gasteiger partial charge on any atom is -0.354 e. The van der Waals surface area contributed by atoms with E-state index in [0.717, 1.165) is 45.6 Å². The summed E-state index contributed by atoms with van der Waals surface area (Å²) in [7, 11) is 4.23. The van der Waals surface area contributed by atoms with Crippen molar-refractivity contribution in [3.05, 3.63) is 0 Å². The molecule has 1 amide bonds. The summed E-state index contributed by atoms with van der Waals surface area (Å²) in [6.07, 6.45) is 4.07. The van der Waals surface area contributed by atoms with Crippen LogP contribution in [0.3, 0.4) is 0 Å². The van der Waals surface area contributed by atoms with Crippen LogP contribution >= 0.6 is 0 Å². The van der Waals surface area contributed by atoms with Gasteiger partial charge in [-0.05, 0) is 58.8 Å². The molecule has 5 heteroatoms. The Kier molecular flexibility index (Phi) is 4.81. The van der Waals surface area contributed by atoms with Crippen molar-refractivity contribution in [1.82, 2.24) is 15.1 Å². The standard InChI is InChI=1S/C14H28N4O/c1-17(2)9-10-18-7-3-12(4-8-18)11-16-13(19)14(15)5-6-14/h12H,3-11,15H2,1-2H3,(H,16,19). The van der Waals surface area contributed by atoms with Gasteiger partial charge in [-0.2, -0.15) is 0 Å². The fourth-order valence-corrected chi connectivity index (χ4v) is 2.53. The summed E-state index contributed by atoms with van der Waals surface area (Å²) in [5.74, 6) is 0.685. The van der Waals surface area contributed by atoms with Gasteiger partial charge in [-0.3, -0.25) is 4.79 Å². The highest BCUT2D eigenvalue weighted by Gasteiger charge is 2.45. The van der Waals surface area contributed by atoms with Gasteiger partial charge in [-0.1, -0.05) is 0 Å². The summed E-state index contributed by atoms with van der Waals surface area (Å²) in [5, 5.41) is 3.03. The number of carbonyl (C=O) groups is 1. The van der Waals surface area contributed by atoms with Crippen LogP contribution in [-0.4, -0.2) is 68.1 Å². The maximum absolute atomic E-state index is 11.8. The Labute approximate surface area is 116 Å². The lowest BCUT2D eigenvalue weighted by atomic mass is 9.96. The molecule has 1 aliphatic carbocycles. The molecule has 1 saturated carbocycles. The first-order chi connectivity index (χ1) is 8.99. The number of piperidine rings is 1. The van der Waals surface area contributed by atoms with E-state index in [9.17, 15) is 4.79 Å². The van der Waals surface area contributed by atoms with Gasteiger partial charge in [-0.15, -0.1) is 0 Å². The lowest BCUT2D eigenvalue weighted by Crippen LogP contribution is -2.46. The Morgan fingerprint density at radius 1 is 1.37 bits per heavy atom. The first-order valence-corrected chi connectivity index (χ1v) is 7.44. The van der Waals surface area contributed by atoms with Crippen molar-refractivity contribution in [2.45, 2.75) is 31.2 Å². The molecule has 1 aliphatic heterocycles. The number of carbonyl (C=O) groups excluding carboxylic acids is 1. The van der Waals surface area contributed by atoms with Gasteiger partial charge in [0.1, 0.15) is 0 Å². The quantitative estimate of drug-likeness (QED) is 0.704. The molecule has 0 aromatic carbocycles. The topological polar surface area (TPSA) is 61.6 Å². The van der Waals surface area contributed by atoms with E-state index in [1.54, 1.807) is 0 Å². The molecule has 19 heavy (non-hydrogen) atoms. The summed E-state index contributed by atoms with van der Waals surface area (Å²) >= 11 is 0. The predicted octanol–water partition coefficient (Wildman–Crippen LogP) is -0.132. The van der Waals surface area contributed by atoms with Crippen LogP contribution in [0.25, 0.3) is 0 Å². The first-order valence-electron chi connectivity index (χ1n) is 7.44. The Balaban J connectivity index is 1.59. The van der Waals surface area contributed by atoms with E-state index in [2.05, 4.69) is 29.2 Å². The molecule has 0 bridgehead atoms. The zero-order valence-electron chi connectivity index (χ0n) is 12.3. The third-order valence-electron chi connectivity index (χ3n) is 4.36. The van der Waals surface area contributed by atoms with Gasteiger partial charge in [0.05, 0.1) is 5.54 Å². The molecule has 3 N–H and O–H groups in total. The van der Waals surface area contributed by atoms with Crippen LogP contribution in [0.4, 0.5) is 0 Å². The number of likely N-dealkylation sites (tertiary alicyclic amines) is 1. The van der Waals surface area contributed by atoms with Crippen LogP contribution < -0.4 is 11.1 Å². The van der Waals surface area contributed by atoms with Gasteiger partial charge in [0.15, 0.2) is 0 Å². The number of nitrogens with one attached hydrogen (secondary N) is 1. The van der Waals surface area contributed by atoms with E-state index in [0.29, 0.717) is 5.92 Å². The van der Waals surface area contributed by atoms with Crippen molar-refractivity contribution in [2.24, 2.45) is 11.7 Å². The van der Waals surface area contributed by atoms with E-state index in [1.807, 2.05) is 0 Å². The fraction of sp³-hybridized carbons (Fsp3) is 0.929. The summed E-state index contributed by atoms with van der Waals surface area (Å²) in [5.41, 5.74) is 5.35. The third kappa shape index (κ3) is 4.44. The van der Waals surface area contributed by atoms with E-state index < -0.39 is 5.54 Å². The monoisotopic (exact) mass is 268 g/mol. The SMILES string of the molecule is CN(C)CCN1CCC(CNC(=O)C2(N)CC2)CC1. The fourth-order valence-electron chi connectivity index (χ4n) is 2.53. The van der Waals surface area contributed by atoms with Crippen molar-refractivity contribution in [3.8, 4) is 0 Å². The van der Waals surface area contributed by atoms with E-state index in [4.69, 9.17) is 5.73 Å². The van der Waals surface area contributed by atoms with Gasteiger partial charge in [-0.25, -0.2) is 0 Å². The number of nitrogens with zero attached hydrogens (tertiary/aromatic N) is 2. The van der Waals surface area contributed by atoms with Crippen LogP contribution in [0.5, 0.6) is 0 Å². The maximum Gasteiger partial charge on any atom is 0.240 e. The molecule has 1 saturated heterocycles. The average molecular weight is 268 g/mol. The molecule has 0 spiro atoms. The van der Waals surface area contributed by atoms with Crippen molar-refractivity contribution in [2.75, 3.05) is 46.8 Å². The Morgan fingerprint density at radius 2 is 2.00 bits per heavy atom. The summed E-state index contributed by atoms with van der Waals surface area (Å²) in [6.45, 7) is 5.39. The molecule has 2 fully saturated rings. The zero-order chi connectivity index (χ0) is 13.9. The number of amides is 1. The minimum atomic E-state index is -0.521. The number of likely N-dealkylation sites (N-methyl/N-ethyl adjacent to an activating group) is 1. The predicted molar refractivity (Wildman–Crippen MR) is 76.9 cm³/mol. The van der Waals surface area contributed by atoms with Crippen molar-refractivity contribution < 1.29 is 4.79 Å². The van der Waals surface area contributed by atoms with Crippen LogP contribution in [0.1, 0.15) is 25.7 Å². The molecule has 0 aromatic rings. The largest absolute Gasteiger partial charge is 0.354 e. The Bertz CT molecular complexity index is 307. The molecule has 2 rings (SSSR count). The first kappa shape index (κ1) is 14.8. The van der Waals surface area contributed by atoms with Gasteiger partial charge in [0.25, 0.3) is 0 Å². The Hall–Kier alpha value is -0.650. The Morgan fingerprint density at radius 3 is 2.53 bits per heavy atom. The second-order valence-electron chi connectivity index (χ2n) is 6.45. The van der Waals surface area contributed by atoms with Crippen LogP contribution in [-0.2, 0) is 4.79 Å². The minimum absolute atomic E-state index is 0.0579. The van der Waals surface area contributed by atoms with Crippen LogP contribution in [0, 0.1) is 5.92 Å². The highest BCUT2D eigenvalue weighted by atomic mass is 16.2. The van der Waals surface area contributed by atoms with Crippen molar-refractivity contribution in [1.29, 1.82) is 0 Å². The molecule has 5 nitrogen and oxygen atoms in total. The maximum atomic E-state index is 11.8. The average Bonchev–Trinajstić information content (AvgIpc) is 3.14. The molecular weight excluding hydrogens is 240 g/mol. The summed E-state index contributed by atoms with van der Waals surface area (Å²) in [4.78, 5) is 16.5. The van der Waals surface area contributed by atoms with E-state index in [1.165, 1.54) is 12.8 Å². The second-order valence-corrected chi connectivity index (χ2v) is 6.45. The van der Waals surface area contributed by atoms with E-state index in [-0.39, 0.29) is 5.91 Å². The number of rotatable bonds is 6. The van der Waals surface area contributed by atoms with Crippen molar-refractivity contribution >= 4 is 5.91 Å². The zero-order valence-corrected chi connectivity index (χ0v) is 12.3. The number of hydrogen-bond acceptors (Lipinski definition) is 4. The number of nitrogens with two attached hydrogens (primary N) is 1. The molecule has 0 radical (unpaired) electrons. The van der Waals surface area contributed by atoms with Crippen LogP contribution in [0.2, 0.25) is 0 Å². The smallest absolute Gasteiger partial charge is 0.240 e. The van der Waals surface area contributed by atoms with Gasteiger partial charge in [0.2, 0.25) is 5.91 Å². The summed E-state index contributed by atoms with van der Waals surface area (Å²) < 4.78 is 0. The lowest BCUT2D eigenvalue weighted by Gasteiger charge is -2.32. The van der Waals surface area contributed by atoms with Gasteiger partial charge in [0, 0.05) is 19.6 Å². The lowest BCUT2D eigenvalue weighted by molar-refractivity contribution is -0.123. The van der Waals surface area contributed by atoms with E-state index >= 15 is 0 Å². The molecule has 110 valence electrons. The second kappa shape index (κ2) is 6.20. The molecule has 0 atom stereocenters. The molecule has 2 aliphatic rings. The number of hydrogen-bond donors (Lipinski definition) is 2. The van der Waals surface area contributed by atoms with Crippen molar-refractivity contribution in [3.63, 3.8) is 0 Å². The highest BCUT2D eigenvalue weighted by molar-refractivity contribution is 5.88. The van der Waals surface area contributed by atoms with Crippen LogP contribution in [0.15, 0.2) is 0 Å². The van der Waals surface area contributed by atoms with Gasteiger partial charge < -0.3 is 20.9 Å². The molecule has 1 heterocycles. The molecule has 0 unspecified atom stereocenters. The highest BCUT2D eigenvalue weighted by Crippen LogP contribution is 2.32. The third-order valence-corrected chi connectivity index (χ3v) is 4.36. The normalized spacial score (nSPS) is 23.6. The molecule has 0 aromatic heterocycles. The van der Waals surface area contributed by atoms with Gasteiger partial charge >= 0.3 is 0 Å². The molecular formula is C14H28N4O. The summed E-state index contributed by atoms with van der Waals surface area (Å²) in [6, 6.07) is 0.